The summed E-state index contributed by atoms with van der Waals surface area (Å²) >= 11 is 10.3. The van der Waals surface area contributed by atoms with Crippen molar-refractivity contribution in [3.63, 3.8) is 0 Å². The Morgan fingerprint density at radius 2 is 1.64 bits per heavy atom. The van der Waals surface area contributed by atoms with Crippen molar-refractivity contribution in [1.29, 1.82) is 0 Å². The first kappa shape index (κ1) is 11.3. The first-order chi connectivity index (χ1) is 5.13. The molecule has 2 nitrogen and oxygen atoms in total. The highest BCUT2D eigenvalue weighted by Crippen LogP contribution is 2.15. The maximum atomic E-state index is 9.90. The van der Waals surface area contributed by atoms with E-state index in [2.05, 4.69) is 4.43 Å². The maximum Gasteiger partial charge on any atom is 0.435 e. The molecular weight excluding hydrogens is 203 g/mol. The summed E-state index contributed by atoms with van der Waals surface area (Å²) in [6.07, 6.45) is 6.00. The summed E-state index contributed by atoms with van der Waals surface area (Å²) in [4.78, 5) is 9.90. The summed E-state index contributed by atoms with van der Waals surface area (Å²) in [5.41, 5.74) is 0. The molecule has 0 aromatic carbocycles. The molecule has 0 N–H and O–H groups in total. The number of halogens is 2. The zero-order valence-electron chi connectivity index (χ0n) is 6.48. The van der Waals surface area contributed by atoms with Gasteiger partial charge >= 0.3 is 7.66 Å². The number of rotatable bonds is 1. The van der Waals surface area contributed by atoms with Crippen LogP contribution in [0, 0.1) is 0 Å². The topological polar surface area (TPSA) is 26.3 Å². The highest BCUT2D eigenvalue weighted by atomic mass is 35.7. The van der Waals surface area contributed by atoms with Crippen molar-refractivity contribution in [3.8, 4) is 0 Å². The lowest BCUT2D eigenvalue weighted by Gasteiger charge is -2.05. The lowest BCUT2D eigenvalue weighted by atomic mass is 10.0. The summed E-state index contributed by atoms with van der Waals surface area (Å²) in [6, 6.07) is 0. The number of carbonyl (C=O) groups excluding carboxylic acids is 1. The van der Waals surface area contributed by atoms with Gasteiger partial charge in [-0.15, -0.1) is 22.2 Å². The molecule has 0 unspecified atom stereocenters. The van der Waals surface area contributed by atoms with Crippen LogP contribution >= 0.6 is 22.2 Å². The lowest BCUT2D eigenvalue weighted by molar-refractivity contribution is -0.131. The molecule has 0 bridgehead atoms. The predicted molar refractivity (Wildman–Crippen MR) is 49.1 cm³/mol. The van der Waals surface area contributed by atoms with Gasteiger partial charge in [-0.05, 0) is 0 Å². The van der Waals surface area contributed by atoms with Gasteiger partial charge in [0.25, 0.3) is 5.97 Å². The van der Waals surface area contributed by atoms with Crippen LogP contribution in [-0.4, -0.2) is 13.6 Å². The van der Waals surface area contributed by atoms with Crippen LogP contribution in [0.4, 0.5) is 0 Å². The van der Waals surface area contributed by atoms with Gasteiger partial charge in [-0.3, -0.25) is 4.79 Å². The van der Waals surface area contributed by atoms with Crippen LogP contribution in [0.25, 0.3) is 0 Å². The smallest absolute Gasteiger partial charge is 0.435 e. The van der Waals surface area contributed by atoms with E-state index in [-0.39, 0.29) is 0 Å². The van der Waals surface area contributed by atoms with Crippen molar-refractivity contribution in [2.24, 2.45) is 0 Å². The molecule has 1 aliphatic rings. The molecule has 1 saturated carbocycles. The third-order valence-corrected chi connectivity index (χ3v) is 2.30. The minimum absolute atomic E-state index is 0.415. The van der Waals surface area contributed by atoms with E-state index in [0.717, 1.165) is 0 Å². The summed E-state index contributed by atoms with van der Waals surface area (Å²) in [6.45, 7) is 1.27. The lowest BCUT2D eigenvalue weighted by Crippen LogP contribution is -2.06. The minimum atomic E-state index is -2.13. The second-order valence-electron chi connectivity index (χ2n) is 2.28. The van der Waals surface area contributed by atoms with E-state index in [0.29, 0.717) is 0 Å². The van der Waals surface area contributed by atoms with Crippen LogP contribution in [0.5, 0.6) is 0 Å². The first-order valence-corrected chi connectivity index (χ1v) is 7.54. The van der Waals surface area contributed by atoms with Gasteiger partial charge in [0.2, 0.25) is 0 Å². The summed E-state index contributed by atoms with van der Waals surface area (Å²) in [5.74, 6) is -0.415. The van der Waals surface area contributed by atoms with Crippen molar-refractivity contribution in [3.05, 3.63) is 0 Å². The van der Waals surface area contributed by atoms with E-state index in [1.54, 1.807) is 0 Å². The highest BCUT2D eigenvalue weighted by molar-refractivity contribution is 7.31. The Kier molecular flexibility index (Phi) is 7.11. The molecule has 0 aromatic heterocycles. The summed E-state index contributed by atoms with van der Waals surface area (Å²) < 4.78 is 4.28. The average Bonchev–Trinajstić information content (AvgIpc) is 1.52. The Balaban J connectivity index is 0.000000207. The monoisotopic (exact) mass is 214 g/mol. The van der Waals surface area contributed by atoms with Crippen LogP contribution in [0.3, 0.4) is 0 Å². The van der Waals surface area contributed by atoms with Crippen molar-refractivity contribution < 1.29 is 9.22 Å². The van der Waals surface area contributed by atoms with Crippen LogP contribution in [-0.2, 0) is 9.22 Å². The normalized spacial score (nSPS) is 14.5. The highest BCUT2D eigenvalue weighted by Gasteiger charge is 2.03. The number of hydrogen-bond donors (Lipinski definition) is 0. The zero-order chi connectivity index (χ0) is 8.69. The van der Waals surface area contributed by atoms with E-state index in [4.69, 9.17) is 22.2 Å². The number of carbonyl (C=O) groups is 1. The molecule has 1 aliphatic carbocycles. The van der Waals surface area contributed by atoms with Gasteiger partial charge in [-0.1, -0.05) is 25.7 Å². The molecular formula is C6H12Cl2O2Si. The fourth-order valence-corrected chi connectivity index (χ4v) is 1.38. The van der Waals surface area contributed by atoms with E-state index >= 15 is 0 Å². The second kappa shape index (κ2) is 6.95. The van der Waals surface area contributed by atoms with Crippen LogP contribution in [0.2, 0.25) is 0 Å². The molecule has 1 fully saturated rings. The van der Waals surface area contributed by atoms with Crippen LogP contribution < -0.4 is 0 Å². The quantitative estimate of drug-likeness (QED) is 0.495. The zero-order valence-corrected chi connectivity index (χ0v) is 9.14. The third kappa shape index (κ3) is 10.3. The molecule has 0 heterocycles. The third-order valence-electron chi connectivity index (χ3n) is 1.26. The van der Waals surface area contributed by atoms with Crippen LogP contribution in [0.1, 0.15) is 32.6 Å². The predicted octanol–water partition coefficient (Wildman–Crippen LogP) is 2.30. The Morgan fingerprint density at radius 1 is 1.27 bits per heavy atom. The average molecular weight is 215 g/mol. The summed E-state index contributed by atoms with van der Waals surface area (Å²) in [5, 5.41) is 0. The Bertz CT molecular complexity index is 111. The molecule has 0 spiro atoms. The van der Waals surface area contributed by atoms with Gasteiger partial charge in [0.15, 0.2) is 0 Å². The Morgan fingerprint density at radius 3 is 1.64 bits per heavy atom. The molecule has 0 amide bonds. The molecule has 0 radical (unpaired) electrons. The SMILES string of the molecule is C1CCC1.CC(=O)O[SiH](Cl)Cl. The summed E-state index contributed by atoms with van der Waals surface area (Å²) in [7, 11) is -2.13. The van der Waals surface area contributed by atoms with Crippen molar-refractivity contribution in [2.75, 3.05) is 0 Å². The molecule has 66 valence electrons. The van der Waals surface area contributed by atoms with Gasteiger partial charge in [-0.2, -0.15) is 0 Å². The van der Waals surface area contributed by atoms with E-state index < -0.39 is 13.6 Å². The molecule has 0 atom stereocenters. The van der Waals surface area contributed by atoms with Gasteiger partial charge in [0.05, 0.1) is 0 Å². The van der Waals surface area contributed by atoms with E-state index in [9.17, 15) is 4.79 Å². The van der Waals surface area contributed by atoms with Gasteiger partial charge in [0.1, 0.15) is 0 Å². The number of hydrogen-bond acceptors (Lipinski definition) is 2. The maximum absolute atomic E-state index is 9.90. The molecule has 0 saturated heterocycles. The first-order valence-electron chi connectivity index (χ1n) is 3.58. The van der Waals surface area contributed by atoms with E-state index in [1.807, 2.05) is 0 Å². The van der Waals surface area contributed by atoms with Crippen molar-refractivity contribution in [2.45, 2.75) is 32.6 Å². The minimum Gasteiger partial charge on any atom is -0.494 e. The standard InChI is InChI=1S/C4H8.C2H4Cl2O2Si/c1-2-4-3-1;1-2(5)6-7(3)4/h1-4H2;7H,1H3. The Hall–Kier alpha value is 0.267. The fraction of sp³-hybridized carbons (Fsp3) is 0.833. The molecule has 5 heteroatoms. The van der Waals surface area contributed by atoms with Gasteiger partial charge in [-0.25, -0.2) is 0 Å². The van der Waals surface area contributed by atoms with Crippen molar-refractivity contribution in [1.82, 2.24) is 0 Å². The van der Waals surface area contributed by atoms with E-state index in [1.165, 1.54) is 32.6 Å². The van der Waals surface area contributed by atoms with Gasteiger partial charge in [0, 0.05) is 6.92 Å². The molecule has 1 rings (SSSR count). The molecule has 0 aromatic rings. The molecule has 11 heavy (non-hydrogen) atoms. The fourth-order valence-electron chi connectivity index (χ4n) is 0.375. The largest absolute Gasteiger partial charge is 0.494 e. The molecule has 0 aliphatic heterocycles. The second-order valence-corrected chi connectivity index (χ2v) is 6.09. The Labute approximate surface area is 78.0 Å². The van der Waals surface area contributed by atoms with Gasteiger partial charge < -0.3 is 4.43 Å². The van der Waals surface area contributed by atoms with Crippen LogP contribution in [0.15, 0.2) is 0 Å². The van der Waals surface area contributed by atoms with Crippen molar-refractivity contribution >= 4 is 35.8 Å².